The zero-order valence-electron chi connectivity index (χ0n) is 13.8. The molecule has 0 fully saturated rings. The number of amides is 1. The molecule has 0 atom stereocenters. The number of nitrogens with one attached hydrogen (secondary N) is 2. The SMILES string of the molecule is CCOC(=O)NNc1nc2ccccc2n2cnc(C(=O)OCC)c12. The highest BCUT2D eigenvalue weighted by Crippen LogP contribution is 2.24. The Bertz CT molecular complexity index is 937. The molecule has 0 aliphatic heterocycles. The minimum absolute atomic E-state index is 0.105. The van der Waals surface area contributed by atoms with Crippen molar-refractivity contribution in [3.8, 4) is 0 Å². The van der Waals surface area contributed by atoms with E-state index in [0.717, 1.165) is 5.52 Å². The third-order valence-electron chi connectivity index (χ3n) is 3.39. The zero-order chi connectivity index (χ0) is 17.8. The van der Waals surface area contributed by atoms with Gasteiger partial charge in [0.25, 0.3) is 0 Å². The third kappa shape index (κ3) is 3.16. The lowest BCUT2D eigenvalue weighted by Gasteiger charge is -2.11. The van der Waals surface area contributed by atoms with Crippen LogP contribution in [0.15, 0.2) is 30.6 Å². The largest absolute Gasteiger partial charge is 0.461 e. The van der Waals surface area contributed by atoms with Gasteiger partial charge in [-0.25, -0.2) is 25.0 Å². The lowest BCUT2D eigenvalue weighted by molar-refractivity contribution is 0.0522. The average Bonchev–Trinajstić information content (AvgIpc) is 3.06. The van der Waals surface area contributed by atoms with Crippen LogP contribution in [0.25, 0.3) is 16.6 Å². The first-order valence-corrected chi connectivity index (χ1v) is 7.77. The van der Waals surface area contributed by atoms with Crippen LogP contribution in [0.3, 0.4) is 0 Å². The molecule has 0 aliphatic carbocycles. The molecule has 0 saturated carbocycles. The highest BCUT2D eigenvalue weighted by Gasteiger charge is 2.20. The minimum Gasteiger partial charge on any atom is -0.461 e. The molecule has 130 valence electrons. The van der Waals surface area contributed by atoms with Gasteiger partial charge in [-0.3, -0.25) is 9.83 Å². The first-order chi connectivity index (χ1) is 12.2. The Labute approximate surface area is 142 Å². The average molecular weight is 343 g/mol. The smallest absolute Gasteiger partial charge is 0.425 e. The predicted octanol–water partition coefficient (Wildman–Crippen LogP) is 2.13. The van der Waals surface area contributed by atoms with Crippen LogP contribution in [-0.4, -0.2) is 39.6 Å². The maximum Gasteiger partial charge on any atom is 0.425 e. The van der Waals surface area contributed by atoms with Gasteiger partial charge in [-0.05, 0) is 26.0 Å². The van der Waals surface area contributed by atoms with Gasteiger partial charge < -0.3 is 9.47 Å². The highest BCUT2D eigenvalue weighted by molar-refractivity contribution is 6.00. The first kappa shape index (κ1) is 16.5. The summed E-state index contributed by atoms with van der Waals surface area (Å²) in [5.74, 6) is -0.312. The molecule has 9 heteroatoms. The number of fused-ring (bicyclic) bond motifs is 3. The zero-order valence-corrected chi connectivity index (χ0v) is 13.8. The van der Waals surface area contributed by atoms with E-state index in [4.69, 9.17) is 9.47 Å². The fourth-order valence-corrected chi connectivity index (χ4v) is 2.41. The molecule has 9 nitrogen and oxygen atoms in total. The molecule has 1 aromatic carbocycles. The molecular formula is C16H17N5O4. The van der Waals surface area contributed by atoms with Crippen LogP contribution in [0, 0.1) is 0 Å². The summed E-state index contributed by atoms with van der Waals surface area (Å²) in [5.41, 5.74) is 6.99. The topological polar surface area (TPSA) is 107 Å². The van der Waals surface area contributed by atoms with Crippen molar-refractivity contribution in [1.82, 2.24) is 19.8 Å². The molecule has 25 heavy (non-hydrogen) atoms. The normalized spacial score (nSPS) is 10.6. The van der Waals surface area contributed by atoms with Gasteiger partial charge in [0.2, 0.25) is 0 Å². The van der Waals surface area contributed by atoms with E-state index < -0.39 is 12.1 Å². The minimum atomic E-state index is -0.659. The van der Waals surface area contributed by atoms with Crippen LogP contribution in [0.2, 0.25) is 0 Å². The van der Waals surface area contributed by atoms with Gasteiger partial charge in [0, 0.05) is 0 Å². The van der Waals surface area contributed by atoms with Crippen LogP contribution in [-0.2, 0) is 9.47 Å². The number of carbonyl (C=O) groups is 2. The number of hydrogen-bond donors (Lipinski definition) is 2. The molecule has 3 rings (SSSR count). The standard InChI is InChI=1S/C16H17N5O4/c1-3-24-15(22)12-13-14(19-20-16(23)25-4-2)18-10-7-5-6-8-11(10)21(13)9-17-12/h5-9H,3-4H2,1-2H3,(H,18,19)(H,20,23). The van der Waals surface area contributed by atoms with Crippen LogP contribution in [0.1, 0.15) is 24.3 Å². The van der Waals surface area contributed by atoms with Crippen molar-refractivity contribution in [1.29, 1.82) is 0 Å². The molecular weight excluding hydrogens is 326 g/mol. The fraction of sp³-hybridized carbons (Fsp3) is 0.250. The number of hydrogen-bond acceptors (Lipinski definition) is 7. The van der Waals surface area contributed by atoms with Gasteiger partial charge in [-0.1, -0.05) is 12.1 Å². The molecule has 0 aliphatic rings. The Hall–Kier alpha value is -3.36. The van der Waals surface area contributed by atoms with E-state index in [1.807, 2.05) is 24.3 Å². The number of carbonyl (C=O) groups excluding carboxylic acids is 2. The number of benzene rings is 1. The Kier molecular flexibility index (Phi) is 4.64. The first-order valence-electron chi connectivity index (χ1n) is 7.77. The summed E-state index contributed by atoms with van der Waals surface area (Å²) in [4.78, 5) is 32.3. The van der Waals surface area contributed by atoms with Crippen molar-refractivity contribution >= 4 is 34.4 Å². The lowest BCUT2D eigenvalue weighted by Crippen LogP contribution is -2.30. The van der Waals surface area contributed by atoms with Gasteiger partial charge in [0.05, 0.1) is 24.2 Å². The van der Waals surface area contributed by atoms with E-state index in [1.54, 1.807) is 18.2 Å². The van der Waals surface area contributed by atoms with Crippen molar-refractivity contribution in [2.45, 2.75) is 13.8 Å². The molecule has 0 unspecified atom stereocenters. The molecule has 2 N–H and O–H groups in total. The summed E-state index contributed by atoms with van der Waals surface area (Å²) in [6.45, 7) is 3.87. The Balaban J connectivity index is 2.12. The van der Waals surface area contributed by atoms with E-state index in [9.17, 15) is 9.59 Å². The fourth-order valence-electron chi connectivity index (χ4n) is 2.41. The third-order valence-corrected chi connectivity index (χ3v) is 3.39. The van der Waals surface area contributed by atoms with Gasteiger partial charge in [-0.15, -0.1) is 0 Å². The molecule has 0 bridgehead atoms. The lowest BCUT2D eigenvalue weighted by atomic mass is 10.2. The second kappa shape index (κ2) is 7.04. The molecule has 2 heterocycles. The van der Waals surface area contributed by atoms with Crippen molar-refractivity contribution in [3.05, 3.63) is 36.3 Å². The molecule has 3 aromatic rings. The summed E-state index contributed by atoms with van der Waals surface area (Å²) in [6.07, 6.45) is 0.856. The Morgan fingerprint density at radius 2 is 1.92 bits per heavy atom. The maximum absolute atomic E-state index is 12.2. The maximum atomic E-state index is 12.2. The molecule has 0 radical (unpaired) electrons. The van der Waals surface area contributed by atoms with Crippen LogP contribution >= 0.6 is 0 Å². The summed E-state index contributed by atoms with van der Waals surface area (Å²) in [5, 5.41) is 0. The second-order valence-corrected chi connectivity index (χ2v) is 4.95. The van der Waals surface area contributed by atoms with Gasteiger partial charge in [0.15, 0.2) is 11.5 Å². The van der Waals surface area contributed by atoms with Crippen molar-refractivity contribution in [2.24, 2.45) is 0 Å². The van der Waals surface area contributed by atoms with E-state index in [0.29, 0.717) is 11.0 Å². The number of nitrogens with zero attached hydrogens (tertiary/aromatic N) is 3. The summed E-state index contributed by atoms with van der Waals surface area (Å²) >= 11 is 0. The summed E-state index contributed by atoms with van der Waals surface area (Å²) in [7, 11) is 0. The number of anilines is 1. The summed E-state index contributed by atoms with van der Waals surface area (Å²) in [6, 6.07) is 7.37. The molecule has 0 saturated heterocycles. The van der Waals surface area contributed by atoms with E-state index in [2.05, 4.69) is 20.8 Å². The summed E-state index contributed by atoms with van der Waals surface area (Å²) < 4.78 is 11.6. The van der Waals surface area contributed by atoms with Crippen LogP contribution < -0.4 is 10.9 Å². The van der Waals surface area contributed by atoms with Crippen LogP contribution in [0.5, 0.6) is 0 Å². The highest BCUT2D eigenvalue weighted by atomic mass is 16.6. The number of ether oxygens (including phenoxy) is 2. The monoisotopic (exact) mass is 343 g/mol. The number of aromatic nitrogens is 3. The van der Waals surface area contributed by atoms with E-state index >= 15 is 0 Å². The van der Waals surface area contributed by atoms with Crippen molar-refractivity contribution in [2.75, 3.05) is 18.6 Å². The van der Waals surface area contributed by atoms with E-state index in [-0.39, 0.29) is 24.7 Å². The Morgan fingerprint density at radius 1 is 1.16 bits per heavy atom. The van der Waals surface area contributed by atoms with Gasteiger partial charge in [-0.2, -0.15) is 0 Å². The van der Waals surface area contributed by atoms with Crippen molar-refractivity contribution < 1.29 is 19.1 Å². The number of para-hydroxylation sites is 2. The predicted molar refractivity (Wildman–Crippen MR) is 90.2 cm³/mol. The number of hydrazine groups is 1. The number of esters is 1. The Morgan fingerprint density at radius 3 is 2.68 bits per heavy atom. The van der Waals surface area contributed by atoms with Gasteiger partial charge in [0.1, 0.15) is 11.8 Å². The van der Waals surface area contributed by atoms with Gasteiger partial charge >= 0.3 is 12.1 Å². The quantitative estimate of drug-likeness (QED) is 0.540. The van der Waals surface area contributed by atoms with E-state index in [1.165, 1.54) is 6.33 Å². The number of rotatable bonds is 5. The molecule has 1 amide bonds. The molecule has 0 spiro atoms. The molecule has 2 aromatic heterocycles. The number of imidazole rings is 1. The second-order valence-electron chi connectivity index (χ2n) is 4.95. The van der Waals surface area contributed by atoms with Crippen LogP contribution in [0.4, 0.5) is 10.6 Å². The van der Waals surface area contributed by atoms with Crippen molar-refractivity contribution in [3.63, 3.8) is 0 Å².